The van der Waals surface area contributed by atoms with Crippen molar-refractivity contribution in [1.82, 2.24) is 5.16 Å². The summed E-state index contributed by atoms with van der Waals surface area (Å²) in [5.74, 6) is 0.962. The van der Waals surface area contributed by atoms with Gasteiger partial charge in [-0.15, -0.1) is 0 Å². The molecule has 94 valence electrons. The standard InChI is InChI=1S/C12H19N3O2/c1-7-12(8(2)17-15-7)14-11(16)6-9-4-3-5-10(9)13/h9-10H,3-6,13H2,1-2H3,(H,14,16)/t9-,10+/m0/s1. The van der Waals surface area contributed by atoms with E-state index in [1.807, 2.05) is 6.92 Å². The van der Waals surface area contributed by atoms with Crippen LogP contribution in [0.25, 0.3) is 0 Å². The van der Waals surface area contributed by atoms with E-state index in [2.05, 4.69) is 10.5 Å². The zero-order valence-electron chi connectivity index (χ0n) is 10.3. The number of nitrogens with two attached hydrogens (primary N) is 1. The topological polar surface area (TPSA) is 81.2 Å². The summed E-state index contributed by atoms with van der Waals surface area (Å²) in [5.41, 5.74) is 7.36. The van der Waals surface area contributed by atoms with E-state index in [4.69, 9.17) is 10.3 Å². The summed E-state index contributed by atoms with van der Waals surface area (Å²) in [6, 6.07) is 0.172. The Labute approximate surface area is 101 Å². The summed E-state index contributed by atoms with van der Waals surface area (Å²) in [6.07, 6.45) is 3.70. The van der Waals surface area contributed by atoms with Gasteiger partial charge in [0, 0.05) is 12.5 Å². The molecule has 5 heteroatoms. The van der Waals surface area contributed by atoms with Crippen molar-refractivity contribution in [3.63, 3.8) is 0 Å². The van der Waals surface area contributed by atoms with E-state index in [9.17, 15) is 4.79 Å². The van der Waals surface area contributed by atoms with Gasteiger partial charge in [0.2, 0.25) is 5.91 Å². The maximum Gasteiger partial charge on any atom is 0.224 e. The molecule has 1 aliphatic carbocycles. The molecule has 1 aromatic rings. The number of hydrogen-bond acceptors (Lipinski definition) is 4. The Balaban J connectivity index is 1.93. The van der Waals surface area contributed by atoms with Gasteiger partial charge in [0.15, 0.2) is 5.76 Å². The van der Waals surface area contributed by atoms with Gasteiger partial charge in [0.05, 0.1) is 0 Å². The number of carbonyl (C=O) groups is 1. The second-order valence-corrected chi connectivity index (χ2v) is 4.81. The van der Waals surface area contributed by atoms with Crippen LogP contribution in [0, 0.1) is 19.8 Å². The van der Waals surface area contributed by atoms with Crippen LogP contribution in [0.1, 0.15) is 37.1 Å². The fourth-order valence-corrected chi connectivity index (χ4v) is 2.41. The van der Waals surface area contributed by atoms with Gasteiger partial charge in [-0.1, -0.05) is 11.6 Å². The van der Waals surface area contributed by atoms with Gasteiger partial charge in [0.1, 0.15) is 11.4 Å². The van der Waals surface area contributed by atoms with Crippen molar-refractivity contribution in [1.29, 1.82) is 0 Å². The van der Waals surface area contributed by atoms with Gasteiger partial charge >= 0.3 is 0 Å². The van der Waals surface area contributed by atoms with Crippen molar-refractivity contribution >= 4 is 11.6 Å². The Kier molecular flexibility index (Phi) is 3.47. The molecule has 0 bridgehead atoms. The van der Waals surface area contributed by atoms with E-state index in [1.165, 1.54) is 0 Å². The average molecular weight is 237 g/mol. The van der Waals surface area contributed by atoms with Crippen LogP contribution in [0.5, 0.6) is 0 Å². The van der Waals surface area contributed by atoms with Crippen LogP contribution >= 0.6 is 0 Å². The molecule has 17 heavy (non-hydrogen) atoms. The van der Waals surface area contributed by atoms with Crippen molar-refractivity contribution in [2.45, 2.75) is 45.6 Å². The minimum absolute atomic E-state index is 0.00162. The van der Waals surface area contributed by atoms with E-state index in [0.29, 0.717) is 29.5 Å². The van der Waals surface area contributed by atoms with Crippen LogP contribution in [-0.4, -0.2) is 17.1 Å². The van der Waals surface area contributed by atoms with Gasteiger partial charge in [-0.25, -0.2) is 0 Å². The highest BCUT2D eigenvalue weighted by Crippen LogP contribution is 2.27. The number of nitrogens with zero attached hydrogens (tertiary/aromatic N) is 1. The van der Waals surface area contributed by atoms with Crippen molar-refractivity contribution in [2.75, 3.05) is 5.32 Å². The lowest BCUT2D eigenvalue weighted by molar-refractivity contribution is -0.117. The molecule has 1 saturated carbocycles. The van der Waals surface area contributed by atoms with E-state index in [1.54, 1.807) is 6.92 Å². The zero-order chi connectivity index (χ0) is 12.4. The molecular formula is C12H19N3O2. The fourth-order valence-electron chi connectivity index (χ4n) is 2.41. The van der Waals surface area contributed by atoms with Crippen LogP contribution in [0.15, 0.2) is 4.52 Å². The van der Waals surface area contributed by atoms with Gasteiger partial charge in [-0.05, 0) is 32.6 Å². The zero-order valence-corrected chi connectivity index (χ0v) is 10.3. The van der Waals surface area contributed by atoms with Gasteiger partial charge in [0.25, 0.3) is 0 Å². The monoisotopic (exact) mass is 237 g/mol. The summed E-state index contributed by atoms with van der Waals surface area (Å²) in [4.78, 5) is 11.9. The minimum Gasteiger partial charge on any atom is -0.359 e. The third-order valence-electron chi connectivity index (χ3n) is 3.46. The molecule has 0 radical (unpaired) electrons. The summed E-state index contributed by atoms with van der Waals surface area (Å²) < 4.78 is 5.00. The summed E-state index contributed by atoms with van der Waals surface area (Å²) in [5, 5.41) is 6.66. The molecule has 1 amide bonds. The first-order valence-electron chi connectivity index (χ1n) is 6.06. The van der Waals surface area contributed by atoms with Crippen LogP contribution in [0.2, 0.25) is 0 Å². The Morgan fingerprint density at radius 1 is 1.53 bits per heavy atom. The number of hydrogen-bond donors (Lipinski definition) is 2. The number of carbonyl (C=O) groups excluding carboxylic acids is 1. The Hall–Kier alpha value is -1.36. The van der Waals surface area contributed by atoms with E-state index in [0.717, 1.165) is 19.3 Å². The lowest BCUT2D eigenvalue weighted by Gasteiger charge is -2.14. The Morgan fingerprint density at radius 2 is 2.29 bits per heavy atom. The lowest BCUT2D eigenvalue weighted by atomic mass is 10.00. The maximum atomic E-state index is 11.9. The highest BCUT2D eigenvalue weighted by molar-refractivity contribution is 5.91. The fraction of sp³-hybridized carbons (Fsp3) is 0.667. The van der Waals surface area contributed by atoms with E-state index in [-0.39, 0.29) is 11.9 Å². The number of aryl methyl sites for hydroxylation is 2. The largest absolute Gasteiger partial charge is 0.359 e. The van der Waals surface area contributed by atoms with Crippen molar-refractivity contribution in [3.8, 4) is 0 Å². The van der Waals surface area contributed by atoms with E-state index >= 15 is 0 Å². The second kappa shape index (κ2) is 4.87. The van der Waals surface area contributed by atoms with Crippen LogP contribution in [0.4, 0.5) is 5.69 Å². The molecular weight excluding hydrogens is 218 g/mol. The highest BCUT2D eigenvalue weighted by Gasteiger charge is 2.26. The Bertz CT molecular complexity index is 394. The molecule has 0 aliphatic heterocycles. The first-order chi connectivity index (χ1) is 8.08. The van der Waals surface area contributed by atoms with Gasteiger partial charge < -0.3 is 15.6 Å². The number of amides is 1. The summed E-state index contributed by atoms with van der Waals surface area (Å²) in [7, 11) is 0. The molecule has 0 spiro atoms. The molecule has 0 unspecified atom stereocenters. The first kappa shape index (κ1) is 12.1. The second-order valence-electron chi connectivity index (χ2n) is 4.81. The number of anilines is 1. The third kappa shape index (κ3) is 2.66. The smallest absolute Gasteiger partial charge is 0.224 e. The molecule has 1 fully saturated rings. The molecule has 0 aromatic carbocycles. The SMILES string of the molecule is Cc1noc(C)c1NC(=O)C[C@@H]1CCC[C@H]1N. The molecule has 1 aromatic heterocycles. The molecule has 1 heterocycles. The third-order valence-corrected chi connectivity index (χ3v) is 3.46. The normalized spacial score (nSPS) is 23.9. The first-order valence-corrected chi connectivity index (χ1v) is 6.06. The van der Waals surface area contributed by atoms with Crippen LogP contribution < -0.4 is 11.1 Å². The van der Waals surface area contributed by atoms with Crippen LogP contribution in [-0.2, 0) is 4.79 Å². The Morgan fingerprint density at radius 3 is 2.82 bits per heavy atom. The quantitative estimate of drug-likeness (QED) is 0.839. The lowest BCUT2D eigenvalue weighted by Crippen LogP contribution is -2.28. The number of aromatic nitrogens is 1. The number of rotatable bonds is 3. The van der Waals surface area contributed by atoms with E-state index < -0.39 is 0 Å². The molecule has 1 aliphatic rings. The molecule has 5 nitrogen and oxygen atoms in total. The highest BCUT2D eigenvalue weighted by atomic mass is 16.5. The predicted molar refractivity (Wildman–Crippen MR) is 64.5 cm³/mol. The van der Waals surface area contributed by atoms with Crippen molar-refractivity contribution in [3.05, 3.63) is 11.5 Å². The minimum atomic E-state index is 0.00162. The van der Waals surface area contributed by atoms with Gasteiger partial charge in [-0.2, -0.15) is 0 Å². The van der Waals surface area contributed by atoms with Crippen molar-refractivity contribution in [2.24, 2.45) is 11.7 Å². The molecule has 0 saturated heterocycles. The molecule has 2 atom stereocenters. The maximum absolute atomic E-state index is 11.9. The summed E-state index contributed by atoms with van der Waals surface area (Å²) in [6.45, 7) is 3.60. The molecule has 2 rings (SSSR count). The predicted octanol–water partition coefficient (Wildman–Crippen LogP) is 1.75. The summed E-state index contributed by atoms with van der Waals surface area (Å²) >= 11 is 0. The van der Waals surface area contributed by atoms with Crippen LogP contribution in [0.3, 0.4) is 0 Å². The van der Waals surface area contributed by atoms with Crippen molar-refractivity contribution < 1.29 is 9.32 Å². The van der Waals surface area contributed by atoms with Gasteiger partial charge in [-0.3, -0.25) is 4.79 Å². The number of nitrogens with one attached hydrogen (secondary N) is 1. The average Bonchev–Trinajstić information content (AvgIpc) is 2.80. The molecule has 3 N–H and O–H groups in total.